The molecule has 0 spiro atoms. The first-order valence-corrected chi connectivity index (χ1v) is 8.99. The highest BCUT2D eigenvalue weighted by Gasteiger charge is 2.30. The molecule has 0 aliphatic heterocycles. The van der Waals surface area contributed by atoms with E-state index in [9.17, 15) is 9.59 Å². The topological polar surface area (TPSA) is 92.4 Å². The molecule has 1 amide bonds. The van der Waals surface area contributed by atoms with E-state index >= 15 is 0 Å². The van der Waals surface area contributed by atoms with Crippen molar-refractivity contribution >= 4 is 35.2 Å². The average molecular weight is 383 g/mol. The van der Waals surface area contributed by atoms with Crippen LogP contribution in [0.1, 0.15) is 26.7 Å². The summed E-state index contributed by atoms with van der Waals surface area (Å²) in [6, 6.07) is 7.21. The second-order valence-corrected chi connectivity index (χ2v) is 7.76. The summed E-state index contributed by atoms with van der Waals surface area (Å²) in [5.41, 5.74) is -0.446. The van der Waals surface area contributed by atoms with Gasteiger partial charge in [-0.3, -0.25) is 4.79 Å². The molecule has 8 heteroatoms. The minimum Gasteiger partial charge on any atom is -0.480 e. The maximum absolute atomic E-state index is 12.1. The molecule has 0 bridgehead atoms. The summed E-state index contributed by atoms with van der Waals surface area (Å²) >= 11 is 7.18. The van der Waals surface area contributed by atoms with Gasteiger partial charge in [0.25, 0.3) is 0 Å². The minimum absolute atomic E-state index is 0.345. The van der Waals surface area contributed by atoms with Crippen molar-refractivity contribution in [3.05, 3.63) is 41.4 Å². The predicted molar refractivity (Wildman–Crippen MR) is 97.6 cm³/mol. The van der Waals surface area contributed by atoms with Gasteiger partial charge in [0.2, 0.25) is 11.8 Å². The molecule has 0 aliphatic rings. The Hall–Kier alpha value is -1.99. The first-order valence-electron chi connectivity index (χ1n) is 7.56. The molecule has 0 aliphatic carbocycles. The number of nitrogens with zero attached hydrogens (tertiary/aromatic N) is 1. The third-order valence-electron chi connectivity index (χ3n) is 3.48. The highest BCUT2D eigenvalue weighted by Crippen LogP contribution is 2.25. The number of hydrogen-bond donors (Lipinski definition) is 2. The molecule has 25 heavy (non-hydrogen) atoms. The quantitative estimate of drug-likeness (QED) is 0.760. The van der Waals surface area contributed by atoms with Crippen LogP contribution in [0.15, 0.2) is 34.9 Å². The van der Waals surface area contributed by atoms with Crippen molar-refractivity contribution in [1.29, 1.82) is 0 Å². The van der Waals surface area contributed by atoms with Gasteiger partial charge in [-0.15, -0.1) is 11.8 Å². The summed E-state index contributed by atoms with van der Waals surface area (Å²) in [4.78, 5) is 27.3. The number of benzene rings is 1. The molecular formula is C17H19ClN2O4S. The standard InChI is InChI=1S/C17H19ClN2O4S/c1-10(15(21)20-17(2,3)16(22)23)25-9-14-19-8-13(24-14)11-4-6-12(18)7-5-11/h4-8,10H,9H2,1-3H3,(H,20,21)(H,22,23). The largest absolute Gasteiger partial charge is 0.480 e. The van der Waals surface area contributed by atoms with E-state index in [1.807, 2.05) is 12.1 Å². The van der Waals surface area contributed by atoms with Crippen LogP contribution in [0, 0.1) is 0 Å². The number of carboxylic acid groups (broad SMARTS) is 1. The van der Waals surface area contributed by atoms with Crippen LogP contribution in [0.3, 0.4) is 0 Å². The second-order valence-electron chi connectivity index (χ2n) is 6.00. The normalized spacial score (nSPS) is 12.6. The smallest absolute Gasteiger partial charge is 0.328 e. The van der Waals surface area contributed by atoms with Crippen LogP contribution in [0.4, 0.5) is 0 Å². The Kier molecular flexibility index (Phi) is 6.13. The van der Waals surface area contributed by atoms with Crippen molar-refractivity contribution in [3.8, 4) is 11.3 Å². The summed E-state index contributed by atoms with van der Waals surface area (Å²) in [5.74, 6) is 0.0825. The fraction of sp³-hybridized carbons (Fsp3) is 0.353. The van der Waals surface area contributed by atoms with E-state index in [1.165, 1.54) is 25.6 Å². The molecule has 134 valence electrons. The lowest BCUT2D eigenvalue weighted by atomic mass is 10.1. The van der Waals surface area contributed by atoms with Crippen LogP contribution in [-0.4, -0.2) is 32.8 Å². The van der Waals surface area contributed by atoms with E-state index in [0.29, 0.717) is 22.4 Å². The number of aromatic nitrogens is 1. The Bertz CT molecular complexity index is 758. The number of nitrogens with one attached hydrogen (secondary N) is 1. The van der Waals surface area contributed by atoms with Crippen molar-refractivity contribution in [3.63, 3.8) is 0 Å². The SMILES string of the molecule is CC(SCc1ncc(-c2ccc(Cl)cc2)o1)C(=O)NC(C)(C)C(=O)O. The molecule has 1 aromatic carbocycles. The highest BCUT2D eigenvalue weighted by atomic mass is 35.5. The molecule has 0 fully saturated rings. The maximum Gasteiger partial charge on any atom is 0.328 e. The zero-order valence-electron chi connectivity index (χ0n) is 14.1. The van der Waals surface area contributed by atoms with Gasteiger partial charge >= 0.3 is 5.97 Å². The number of thioether (sulfide) groups is 1. The van der Waals surface area contributed by atoms with Crippen molar-refractivity contribution in [2.45, 2.75) is 37.3 Å². The zero-order valence-corrected chi connectivity index (χ0v) is 15.6. The van der Waals surface area contributed by atoms with Gasteiger partial charge in [-0.05, 0) is 45.0 Å². The van der Waals surface area contributed by atoms with Crippen LogP contribution in [0.2, 0.25) is 5.02 Å². The maximum atomic E-state index is 12.1. The van der Waals surface area contributed by atoms with Gasteiger partial charge in [0.15, 0.2) is 5.76 Å². The van der Waals surface area contributed by atoms with Crippen molar-refractivity contribution in [2.24, 2.45) is 0 Å². The summed E-state index contributed by atoms with van der Waals surface area (Å²) in [7, 11) is 0. The highest BCUT2D eigenvalue weighted by molar-refractivity contribution is 7.99. The Morgan fingerprint density at radius 2 is 2.00 bits per heavy atom. The third kappa shape index (κ3) is 5.24. The molecule has 6 nitrogen and oxygen atoms in total. The number of halogens is 1. The Balaban J connectivity index is 1.92. The van der Waals surface area contributed by atoms with Gasteiger partial charge in [0.05, 0.1) is 17.2 Å². The van der Waals surface area contributed by atoms with Crippen LogP contribution in [0.25, 0.3) is 11.3 Å². The van der Waals surface area contributed by atoms with Gasteiger partial charge in [-0.2, -0.15) is 0 Å². The van der Waals surface area contributed by atoms with Crippen LogP contribution in [-0.2, 0) is 15.3 Å². The van der Waals surface area contributed by atoms with Gasteiger partial charge in [0.1, 0.15) is 5.54 Å². The van der Waals surface area contributed by atoms with Gasteiger partial charge < -0.3 is 14.8 Å². The van der Waals surface area contributed by atoms with Crippen molar-refractivity contribution < 1.29 is 19.1 Å². The number of oxazole rings is 1. The predicted octanol–water partition coefficient (Wildman–Crippen LogP) is 3.60. The molecule has 2 aromatic rings. The van der Waals surface area contributed by atoms with Crippen molar-refractivity contribution in [2.75, 3.05) is 0 Å². The molecule has 0 radical (unpaired) electrons. The molecular weight excluding hydrogens is 364 g/mol. The lowest BCUT2D eigenvalue weighted by molar-refractivity contribution is -0.145. The van der Waals surface area contributed by atoms with Crippen LogP contribution >= 0.6 is 23.4 Å². The lowest BCUT2D eigenvalue weighted by Crippen LogP contribution is -2.51. The molecule has 2 N–H and O–H groups in total. The average Bonchev–Trinajstić information content (AvgIpc) is 3.01. The molecule has 1 atom stereocenters. The van der Waals surface area contributed by atoms with E-state index in [2.05, 4.69) is 10.3 Å². The van der Waals surface area contributed by atoms with Crippen LogP contribution < -0.4 is 5.32 Å². The Morgan fingerprint density at radius 3 is 2.60 bits per heavy atom. The first-order chi connectivity index (χ1) is 11.7. The number of hydrogen-bond acceptors (Lipinski definition) is 5. The number of carbonyl (C=O) groups is 2. The van der Waals surface area contributed by atoms with Gasteiger partial charge in [-0.25, -0.2) is 9.78 Å². The summed E-state index contributed by atoms with van der Waals surface area (Å²) in [5, 5.41) is 11.8. The van der Waals surface area contributed by atoms with Gasteiger partial charge in [0, 0.05) is 10.6 Å². The van der Waals surface area contributed by atoms with Crippen molar-refractivity contribution in [1.82, 2.24) is 10.3 Å². The number of carbonyl (C=O) groups excluding carboxylic acids is 1. The molecule has 0 saturated carbocycles. The molecule has 2 rings (SSSR count). The van der Waals surface area contributed by atoms with Crippen LogP contribution in [0.5, 0.6) is 0 Å². The molecule has 0 saturated heterocycles. The Labute approximate surface area is 155 Å². The number of rotatable bonds is 7. The fourth-order valence-electron chi connectivity index (χ4n) is 1.86. The Morgan fingerprint density at radius 1 is 1.36 bits per heavy atom. The summed E-state index contributed by atoms with van der Waals surface area (Å²) < 4.78 is 5.68. The monoisotopic (exact) mass is 382 g/mol. The first kappa shape index (κ1) is 19.3. The zero-order chi connectivity index (χ0) is 18.6. The summed E-state index contributed by atoms with van der Waals surface area (Å²) in [6.45, 7) is 4.59. The van der Waals surface area contributed by atoms with E-state index in [1.54, 1.807) is 25.3 Å². The lowest BCUT2D eigenvalue weighted by Gasteiger charge is -2.23. The molecule has 1 heterocycles. The molecule has 1 unspecified atom stereocenters. The van der Waals surface area contributed by atoms with E-state index in [-0.39, 0.29) is 5.91 Å². The molecule has 1 aromatic heterocycles. The third-order valence-corrected chi connectivity index (χ3v) is 4.86. The number of aliphatic carboxylic acids is 1. The number of carboxylic acids is 1. The van der Waals surface area contributed by atoms with Gasteiger partial charge in [-0.1, -0.05) is 11.6 Å². The second kappa shape index (κ2) is 7.93. The van der Waals surface area contributed by atoms with E-state index < -0.39 is 16.8 Å². The summed E-state index contributed by atoms with van der Waals surface area (Å²) in [6.07, 6.45) is 1.62. The van der Waals surface area contributed by atoms with E-state index in [0.717, 1.165) is 5.56 Å². The number of amides is 1. The van der Waals surface area contributed by atoms with E-state index in [4.69, 9.17) is 21.1 Å². The fourth-order valence-corrected chi connectivity index (χ4v) is 2.72. The minimum atomic E-state index is -1.31.